The van der Waals surface area contributed by atoms with Crippen LogP contribution in [0.15, 0.2) is 35.3 Å². The van der Waals surface area contributed by atoms with E-state index >= 15 is 0 Å². The maximum absolute atomic E-state index is 6.03. The van der Waals surface area contributed by atoms with Gasteiger partial charge in [0.25, 0.3) is 0 Å². The van der Waals surface area contributed by atoms with E-state index in [9.17, 15) is 0 Å². The molecule has 1 fully saturated rings. The molecule has 0 saturated carbocycles. The van der Waals surface area contributed by atoms with Crippen LogP contribution in [-0.2, 0) is 11.3 Å². The SMILES string of the molecule is CCCCCCNC(N)=NCCCOC1CCN(Cc2ccccc2)CC1. The second-order valence-electron chi connectivity index (χ2n) is 7.44. The van der Waals surface area contributed by atoms with Crippen LogP contribution in [0.5, 0.6) is 0 Å². The fourth-order valence-electron chi connectivity index (χ4n) is 3.41. The number of aliphatic imine (C=N–C) groups is 1. The zero-order valence-electron chi connectivity index (χ0n) is 17.0. The van der Waals surface area contributed by atoms with Crippen molar-refractivity contribution in [2.75, 3.05) is 32.8 Å². The highest BCUT2D eigenvalue weighted by Crippen LogP contribution is 2.16. The van der Waals surface area contributed by atoms with Gasteiger partial charge in [-0.15, -0.1) is 0 Å². The van der Waals surface area contributed by atoms with Gasteiger partial charge in [0.1, 0.15) is 0 Å². The van der Waals surface area contributed by atoms with E-state index in [1.165, 1.54) is 24.8 Å². The van der Waals surface area contributed by atoms with Gasteiger partial charge < -0.3 is 15.8 Å². The summed E-state index contributed by atoms with van der Waals surface area (Å²) in [6, 6.07) is 10.7. The Morgan fingerprint density at radius 2 is 1.93 bits per heavy atom. The Balaban J connectivity index is 1.47. The molecule has 3 N–H and O–H groups in total. The van der Waals surface area contributed by atoms with Crippen molar-refractivity contribution in [2.24, 2.45) is 10.7 Å². The number of ether oxygens (including phenoxy) is 1. The summed E-state index contributed by atoms with van der Waals surface area (Å²) < 4.78 is 6.03. The Morgan fingerprint density at radius 3 is 2.67 bits per heavy atom. The van der Waals surface area contributed by atoms with Gasteiger partial charge >= 0.3 is 0 Å². The van der Waals surface area contributed by atoms with E-state index in [0.717, 1.165) is 65.0 Å². The summed E-state index contributed by atoms with van der Waals surface area (Å²) in [4.78, 5) is 6.90. The fourth-order valence-corrected chi connectivity index (χ4v) is 3.41. The van der Waals surface area contributed by atoms with Gasteiger partial charge in [0.2, 0.25) is 0 Å². The number of rotatable bonds is 12. The minimum Gasteiger partial charge on any atom is -0.378 e. The first-order chi connectivity index (χ1) is 13.3. The molecule has 5 nitrogen and oxygen atoms in total. The number of likely N-dealkylation sites (tertiary alicyclic amines) is 1. The molecule has 152 valence electrons. The van der Waals surface area contributed by atoms with E-state index in [2.05, 4.69) is 52.5 Å². The van der Waals surface area contributed by atoms with Crippen molar-refractivity contribution in [3.8, 4) is 0 Å². The number of unbranched alkanes of at least 4 members (excludes halogenated alkanes) is 3. The number of nitrogens with two attached hydrogens (primary N) is 1. The highest BCUT2D eigenvalue weighted by molar-refractivity contribution is 5.77. The van der Waals surface area contributed by atoms with Crippen molar-refractivity contribution >= 4 is 5.96 Å². The third kappa shape index (κ3) is 9.78. The molecule has 1 saturated heterocycles. The molecule has 5 heteroatoms. The quantitative estimate of drug-likeness (QED) is 0.334. The lowest BCUT2D eigenvalue weighted by Crippen LogP contribution is -2.36. The maximum Gasteiger partial charge on any atom is 0.188 e. The minimum atomic E-state index is 0.398. The number of hydrogen-bond donors (Lipinski definition) is 2. The van der Waals surface area contributed by atoms with Crippen LogP contribution in [0.4, 0.5) is 0 Å². The Kier molecular flexibility index (Phi) is 10.9. The highest BCUT2D eigenvalue weighted by Gasteiger charge is 2.19. The van der Waals surface area contributed by atoms with Gasteiger partial charge in [-0.1, -0.05) is 56.5 Å². The lowest BCUT2D eigenvalue weighted by molar-refractivity contribution is 0.00566. The van der Waals surface area contributed by atoms with Crippen molar-refractivity contribution in [1.82, 2.24) is 10.2 Å². The number of piperidine rings is 1. The van der Waals surface area contributed by atoms with E-state index in [0.29, 0.717) is 12.1 Å². The Morgan fingerprint density at radius 1 is 1.15 bits per heavy atom. The van der Waals surface area contributed by atoms with Crippen LogP contribution in [0.25, 0.3) is 0 Å². The molecule has 0 bridgehead atoms. The molecule has 1 aromatic carbocycles. The number of benzene rings is 1. The monoisotopic (exact) mass is 374 g/mol. The average molecular weight is 375 g/mol. The molecule has 1 aliphatic rings. The van der Waals surface area contributed by atoms with Crippen molar-refractivity contribution in [3.63, 3.8) is 0 Å². The molecule has 0 spiro atoms. The van der Waals surface area contributed by atoms with Crippen LogP contribution in [0.3, 0.4) is 0 Å². The Bertz CT molecular complexity index is 512. The van der Waals surface area contributed by atoms with Gasteiger partial charge in [0.15, 0.2) is 5.96 Å². The lowest BCUT2D eigenvalue weighted by atomic mass is 10.1. The van der Waals surface area contributed by atoms with Crippen LogP contribution in [0.2, 0.25) is 0 Å². The summed E-state index contributed by atoms with van der Waals surface area (Å²) in [5, 5.41) is 3.19. The third-order valence-electron chi connectivity index (χ3n) is 5.06. The van der Waals surface area contributed by atoms with Gasteiger partial charge in [0, 0.05) is 39.3 Å². The number of nitrogens with zero attached hydrogens (tertiary/aromatic N) is 2. The first-order valence-electron chi connectivity index (χ1n) is 10.7. The molecule has 1 aliphatic heterocycles. The second-order valence-corrected chi connectivity index (χ2v) is 7.44. The van der Waals surface area contributed by atoms with E-state index in [4.69, 9.17) is 10.5 Å². The molecule has 0 unspecified atom stereocenters. The highest BCUT2D eigenvalue weighted by atomic mass is 16.5. The van der Waals surface area contributed by atoms with Crippen LogP contribution in [-0.4, -0.2) is 49.7 Å². The summed E-state index contributed by atoms with van der Waals surface area (Å²) in [6.45, 7) is 7.94. The van der Waals surface area contributed by atoms with E-state index in [1.807, 2.05) is 0 Å². The van der Waals surface area contributed by atoms with Gasteiger partial charge in [-0.2, -0.15) is 0 Å². The summed E-state index contributed by atoms with van der Waals surface area (Å²) in [7, 11) is 0. The Hall–Kier alpha value is -1.59. The normalized spacial score (nSPS) is 16.6. The van der Waals surface area contributed by atoms with Crippen LogP contribution in [0.1, 0.15) is 57.4 Å². The van der Waals surface area contributed by atoms with Crippen molar-refractivity contribution in [2.45, 2.75) is 64.5 Å². The van der Waals surface area contributed by atoms with Gasteiger partial charge in [-0.3, -0.25) is 9.89 Å². The molecule has 0 amide bonds. The Labute approximate surface area is 165 Å². The molecule has 0 radical (unpaired) electrons. The first-order valence-corrected chi connectivity index (χ1v) is 10.7. The average Bonchev–Trinajstić information content (AvgIpc) is 2.69. The van der Waals surface area contributed by atoms with Crippen molar-refractivity contribution in [3.05, 3.63) is 35.9 Å². The molecule has 0 atom stereocenters. The first kappa shape index (κ1) is 21.7. The maximum atomic E-state index is 6.03. The molecule has 0 aromatic heterocycles. The van der Waals surface area contributed by atoms with Gasteiger partial charge in [0.05, 0.1) is 6.10 Å². The second kappa shape index (κ2) is 13.6. The summed E-state index contributed by atoms with van der Waals surface area (Å²) in [5.74, 6) is 0.570. The van der Waals surface area contributed by atoms with Crippen LogP contribution < -0.4 is 11.1 Å². The molecule has 1 heterocycles. The molecule has 0 aliphatic carbocycles. The van der Waals surface area contributed by atoms with E-state index < -0.39 is 0 Å². The van der Waals surface area contributed by atoms with Crippen molar-refractivity contribution < 1.29 is 4.74 Å². The van der Waals surface area contributed by atoms with Crippen LogP contribution in [0, 0.1) is 0 Å². The zero-order valence-corrected chi connectivity index (χ0v) is 17.0. The number of guanidine groups is 1. The largest absolute Gasteiger partial charge is 0.378 e. The zero-order chi connectivity index (χ0) is 19.2. The standard InChI is InChI=1S/C22H38N4O/c1-2-3-4-8-14-24-22(23)25-15-9-18-27-21-12-16-26(17-13-21)19-20-10-6-5-7-11-20/h5-7,10-11,21H,2-4,8-9,12-19H2,1H3,(H3,23,24,25). The summed E-state index contributed by atoms with van der Waals surface area (Å²) >= 11 is 0. The minimum absolute atomic E-state index is 0.398. The number of nitrogens with one attached hydrogen (secondary N) is 1. The molecular weight excluding hydrogens is 336 g/mol. The summed E-state index contributed by atoms with van der Waals surface area (Å²) in [6.07, 6.45) is 8.55. The van der Waals surface area contributed by atoms with Crippen molar-refractivity contribution in [1.29, 1.82) is 0 Å². The van der Waals surface area contributed by atoms with Gasteiger partial charge in [-0.25, -0.2) is 0 Å². The molecule has 1 aromatic rings. The smallest absolute Gasteiger partial charge is 0.188 e. The van der Waals surface area contributed by atoms with E-state index in [1.54, 1.807) is 0 Å². The lowest BCUT2D eigenvalue weighted by Gasteiger charge is -2.31. The fraction of sp³-hybridized carbons (Fsp3) is 0.682. The molecule has 27 heavy (non-hydrogen) atoms. The third-order valence-corrected chi connectivity index (χ3v) is 5.06. The number of hydrogen-bond acceptors (Lipinski definition) is 3. The van der Waals surface area contributed by atoms with E-state index in [-0.39, 0.29) is 0 Å². The molecular formula is C22H38N4O. The van der Waals surface area contributed by atoms with Crippen LogP contribution >= 0.6 is 0 Å². The topological polar surface area (TPSA) is 62.9 Å². The molecule has 2 rings (SSSR count). The van der Waals surface area contributed by atoms with Gasteiger partial charge in [-0.05, 0) is 31.2 Å². The predicted molar refractivity (Wildman–Crippen MR) is 114 cm³/mol. The summed E-state index contributed by atoms with van der Waals surface area (Å²) in [5.41, 5.74) is 7.28. The predicted octanol–water partition coefficient (Wildman–Crippen LogP) is 3.54.